The number of aromatic nitrogens is 2. The zero-order valence-electron chi connectivity index (χ0n) is 19.6. The SMILES string of the molecule is Cc1cc(NC(=O)c2cc(C)c(Br)cc2N2CCC3(CC2)CC3)nc(N2CCC(F)(F)CC2)n1. The molecule has 182 valence electrons. The number of amides is 1. The molecule has 6 nitrogen and oxygen atoms in total. The Hall–Kier alpha value is -2.29. The minimum Gasteiger partial charge on any atom is -0.371 e. The van der Waals surface area contributed by atoms with Crippen molar-refractivity contribution in [3.8, 4) is 0 Å². The highest BCUT2D eigenvalue weighted by atomic mass is 79.9. The molecular formula is C25H30BrF2N5O. The lowest BCUT2D eigenvalue weighted by Gasteiger charge is -2.35. The van der Waals surface area contributed by atoms with Crippen LogP contribution in [0.4, 0.5) is 26.2 Å². The molecule has 3 heterocycles. The number of hydrogen-bond acceptors (Lipinski definition) is 5. The van der Waals surface area contributed by atoms with E-state index in [1.54, 1.807) is 11.0 Å². The molecule has 1 aromatic carbocycles. The quantitative estimate of drug-likeness (QED) is 0.544. The lowest BCUT2D eigenvalue weighted by molar-refractivity contribution is -0.0222. The summed E-state index contributed by atoms with van der Waals surface area (Å²) < 4.78 is 28.1. The molecule has 1 aromatic heterocycles. The molecule has 5 rings (SSSR count). The zero-order chi connectivity index (χ0) is 24.1. The second kappa shape index (κ2) is 8.73. The van der Waals surface area contributed by atoms with Crippen LogP contribution >= 0.6 is 15.9 Å². The Labute approximate surface area is 207 Å². The molecule has 1 saturated carbocycles. The lowest BCUT2D eigenvalue weighted by atomic mass is 9.93. The first kappa shape index (κ1) is 23.5. The van der Waals surface area contributed by atoms with Crippen LogP contribution in [0.3, 0.4) is 0 Å². The van der Waals surface area contributed by atoms with Crippen LogP contribution in [0.15, 0.2) is 22.7 Å². The van der Waals surface area contributed by atoms with Crippen LogP contribution in [0.25, 0.3) is 0 Å². The van der Waals surface area contributed by atoms with Gasteiger partial charge in [0.1, 0.15) is 5.82 Å². The predicted octanol–water partition coefficient (Wildman–Crippen LogP) is 5.72. The fourth-order valence-corrected chi connectivity index (χ4v) is 5.32. The van der Waals surface area contributed by atoms with Crippen molar-refractivity contribution in [3.05, 3.63) is 39.5 Å². The van der Waals surface area contributed by atoms with Crippen LogP contribution < -0.4 is 15.1 Å². The summed E-state index contributed by atoms with van der Waals surface area (Å²) in [6, 6.07) is 5.67. The number of carbonyl (C=O) groups is 1. The number of halogens is 3. The molecule has 1 spiro atoms. The fraction of sp³-hybridized carbons (Fsp3) is 0.560. The maximum atomic E-state index is 13.6. The minimum atomic E-state index is -2.64. The molecule has 2 saturated heterocycles. The van der Waals surface area contributed by atoms with E-state index in [0.717, 1.165) is 28.8 Å². The minimum absolute atomic E-state index is 0.191. The van der Waals surface area contributed by atoms with E-state index in [9.17, 15) is 13.6 Å². The average Bonchev–Trinajstić information content (AvgIpc) is 3.54. The third-order valence-corrected chi connectivity index (χ3v) is 8.36. The molecule has 0 atom stereocenters. The van der Waals surface area contributed by atoms with Gasteiger partial charge in [-0.2, -0.15) is 4.98 Å². The van der Waals surface area contributed by atoms with Gasteiger partial charge >= 0.3 is 0 Å². The van der Waals surface area contributed by atoms with Crippen molar-refractivity contribution in [3.63, 3.8) is 0 Å². The molecule has 2 aliphatic heterocycles. The summed E-state index contributed by atoms with van der Waals surface area (Å²) in [6.45, 7) is 6.07. The fourth-order valence-electron chi connectivity index (χ4n) is 4.99. The highest BCUT2D eigenvalue weighted by Crippen LogP contribution is 2.54. The smallest absolute Gasteiger partial charge is 0.258 e. The monoisotopic (exact) mass is 533 g/mol. The van der Waals surface area contributed by atoms with Crippen LogP contribution in [0.1, 0.15) is 60.1 Å². The van der Waals surface area contributed by atoms with Crippen LogP contribution in [0.5, 0.6) is 0 Å². The molecule has 1 aliphatic carbocycles. The van der Waals surface area contributed by atoms with Gasteiger partial charge in [0, 0.05) is 55.3 Å². The predicted molar refractivity (Wildman–Crippen MR) is 133 cm³/mol. The average molecular weight is 534 g/mol. The Bertz CT molecular complexity index is 1100. The first-order valence-corrected chi connectivity index (χ1v) is 12.8. The zero-order valence-corrected chi connectivity index (χ0v) is 21.2. The largest absolute Gasteiger partial charge is 0.371 e. The molecule has 9 heteroatoms. The van der Waals surface area contributed by atoms with Crippen molar-refractivity contribution in [1.29, 1.82) is 0 Å². The molecular weight excluding hydrogens is 504 g/mol. The number of hydrogen-bond donors (Lipinski definition) is 1. The maximum Gasteiger partial charge on any atom is 0.258 e. The number of nitrogens with one attached hydrogen (secondary N) is 1. The molecule has 1 N–H and O–H groups in total. The number of nitrogens with zero attached hydrogens (tertiary/aromatic N) is 4. The number of alkyl halides is 2. The lowest BCUT2D eigenvalue weighted by Crippen LogP contribution is -2.40. The molecule has 3 fully saturated rings. The third-order valence-electron chi connectivity index (χ3n) is 7.51. The molecule has 1 amide bonds. The Balaban J connectivity index is 1.37. The van der Waals surface area contributed by atoms with Crippen LogP contribution in [0, 0.1) is 19.3 Å². The van der Waals surface area contributed by atoms with E-state index in [1.165, 1.54) is 25.7 Å². The van der Waals surface area contributed by atoms with E-state index in [1.807, 2.05) is 26.0 Å². The van der Waals surface area contributed by atoms with Gasteiger partial charge in [0.15, 0.2) is 0 Å². The van der Waals surface area contributed by atoms with Gasteiger partial charge in [0.2, 0.25) is 5.95 Å². The third kappa shape index (κ3) is 4.90. The summed E-state index contributed by atoms with van der Waals surface area (Å²) >= 11 is 3.63. The molecule has 0 radical (unpaired) electrons. The standard InChI is InChI=1S/C25H30BrF2N5O/c1-16-13-18(20(15-19(16)26)32-9-5-24(3-4-24)6-10-32)22(34)30-21-14-17(2)29-23(31-21)33-11-7-25(27,28)8-12-33/h13-15H,3-12H2,1-2H3,(H,29,30,31,34). The van der Waals surface area contributed by atoms with Crippen molar-refractivity contribution >= 4 is 39.3 Å². The van der Waals surface area contributed by atoms with Gasteiger partial charge in [-0.15, -0.1) is 0 Å². The van der Waals surface area contributed by atoms with Crippen molar-refractivity contribution in [2.24, 2.45) is 5.41 Å². The van der Waals surface area contributed by atoms with E-state index in [4.69, 9.17) is 0 Å². The van der Waals surface area contributed by atoms with Crippen LogP contribution in [-0.4, -0.2) is 48.0 Å². The van der Waals surface area contributed by atoms with Gasteiger partial charge in [0.05, 0.1) is 11.3 Å². The molecule has 2 aromatic rings. The van der Waals surface area contributed by atoms with Gasteiger partial charge in [-0.25, -0.2) is 13.8 Å². The number of aryl methyl sites for hydroxylation is 2. The highest BCUT2D eigenvalue weighted by Gasteiger charge is 2.44. The first-order valence-electron chi connectivity index (χ1n) is 12.0. The summed E-state index contributed by atoms with van der Waals surface area (Å²) in [5, 5.41) is 2.94. The number of benzene rings is 1. The number of carbonyl (C=O) groups excluding carboxylic acids is 1. The summed E-state index contributed by atoms with van der Waals surface area (Å²) in [6.07, 6.45) is 4.56. The van der Waals surface area contributed by atoms with Gasteiger partial charge in [-0.05, 0) is 62.6 Å². The van der Waals surface area contributed by atoms with E-state index < -0.39 is 5.92 Å². The second-order valence-electron chi connectivity index (χ2n) is 10.1. The topological polar surface area (TPSA) is 61.4 Å². The van der Waals surface area contributed by atoms with Gasteiger partial charge < -0.3 is 15.1 Å². The van der Waals surface area contributed by atoms with Crippen LogP contribution in [0.2, 0.25) is 0 Å². The maximum absolute atomic E-state index is 13.6. The summed E-state index contributed by atoms with van der Waals surface area (Å²) in [4.78, 5) is 26.4. The number of piperidine rings is 2. The van der Waals surface area contributed by atoms with Gasteiger partial charge in [-0.1, -0.05) is 15.9 Å². The van der Waals surface area contributed by atoms with Crippen LogP contribution in [-0.2, 0) is 0 Å². The van der Waals surface area contributed by atoms with Gasteiger partial charge in [-0.3, -0.25) is 4.79 Å². The Morgan fingerprint density at radius 3 is 2.24 bits per heavy atom. The highest BCUT2D eigenvalue weighted by molar-refractivity contribution is 9.10. The molecule has 0 bridgehead atoms. The van der Waals surface area contributed by atoms with E-state index in [0.29, 0.717) is 28.4 Å². The van der Waals surface area contributed by atoms with Crippen molar-refractivity contribution in [2.45, 2.75) is 58.3 Å². The number of rotatable bonds is 4. The number of anilines is 3. The normalized spacial score (nSPS) is 21.0. The van der Waals surface area contributed by atoms with Crippen molar-refractivity contribution < 1.29 is 13.6 Å². The Morgan fingerprint density at radius 1 is 0.941 bits per heavy atom. The summed E-state index contributed by atoms with van der Waals surface area (Å²) in [7, 11) is 0. The van der Waals surface area contributed by atoms with Crippen molar-refractivity contribution in [2.75, 3.05) is 41.3 Å². The molecule has 3 aliphatic rings. The Kier molecular flexibility index (Phi) is 6.02. The second-order valence-corrected chi connectivity index (χ2v) is 11.0. The summed E-state index contributed by atoms with van der Waals surface area (Å²) in [5.41, 5.74) is 3.75. The molecule has 34 heavy (non-hydrogen) atoms. The van der Waals surface area contributed by atoms with Gasteiger partial charge in [0.25, 0.3) is 11.8 Å². The Morgan fingerprint density at radius 2 is 1.59 bits per heavy atom. The van der Waals surface area contributed by atoms with E-state index in [-0.39, 0.29) is 31.8 Å². The van der Waals surface area contributed by atoms with E-state index >= 15 is 0 Å². The summed E-state index contributed by atoms with van der Waals surface area (Å²) in [5.74, 6) is -2.11. The first-order chi connectivity index (χ1) is 16.1. The van der Waals surface area contributed by atoms with E-state index in [2.05, 4.69) is 36.1 Å². The van der Waals surface area contributed by atoms with Crippen molar-refractivity contribution in [1.82, 2.24) is 9.97 Å². The molecule has 0 unspecified atom stereocenters.